The Labute approximate surface area is 117 Å². The molecular formula is C16H29N3. The molecule has 0 amide bonds. The Balaban J connectivity index is 2.10. The summed E-state index contributed by atoms with van der Waals surface area (Å²) in [5, 5.41) is 8.06. The summed E-state index contributed by atoms with van der Waals surface area (Å²) in [5.41, 5.74) is 1.63. The first-order valence-electron chi connectivity index (χ1n) is 7.70. The molecule has 0 aliphatic heterocycles. The SMILES string of the molecule is Cn1nccc1C1CCCCCC1CNC(C)(C)C. The summed E-state index contributed by atoms with van der Waals surface area (Å²) in [6.45, 7) is 7.88. The Morgan fingerprint density at radius 2 is 2.00 bits per heavy atom. The highest BCUT2D eigenvalue weighted by atomic mass is 15.3. The largest absolute Gasteiger partial charge is 0.312 e. The minimum absolute atomic E-state index is 0.212. The lowest BCUT2D eigenvalue weighted by molar-refractivity contribution is 0.315. The zero-order valence-electron chi connectivity index (χ0n) is 12.9. The number of aromatic nitrogens is 2. The summed E-state index contributed by atoms with van der Waals surface area (Å²) in [6.07, 6.45) is 8.73. The second-order valence-corrected chi connectivity index (χ2v) is 7.02. The van der Waals surface area contributed by atoms with Crippen LogP contribution in [0.4, 0.5) is 0 Å². The van der Waals surface area contributed by atoms with E-state index in [1.807, 2.05) is 6.20 Å². The van der Waals surface area contributed by atoms with E-state index in [2.05, 4.69) is 49.0 Å². The van der Waals surface area contributed by atoms with E-state index in [1.54, 1.807) is 0 Å². The summed E-state index contributed by atoms with van der Waals surface area (Å²) in [5.74, 6) is 1.42. The fourth-order valence-electron chi connectivity index (χ4n) is 3.20. The van der Waals surface area contributed by atoms with E-state index >= 15 is 0 Å². The van der Waals surface area contributed by atoms with Crippen molar-refractivity contribution < 1.29 is 0 Å². The van der Waals surface area contributed by atoms with E-state index in [4.69, 9.17) is 0 Å². The third-order valence-corrected chi connectivity index (χ3v) is 4.29. The maximum atomic E-state index is 4.36. The predicted octanol–water partition coefficient (Wildman–Crippen LogP) is 3.47. The van der Waals surface area contributed by atoms with E-state index in [9.17, 15) is 0 Å². The van der Waals surface area contributed by atoms with Crippen LogP contribution in [0.3, 0.4) is 0 Å². The number of aryl methyl sites for hydroxylation is 1. The van der Waals surface area contributed by atoms with Crippen molar-refractivity contribution in [1.29, 1.82) is 0 Å². The van der Waals surface area contributed by atoms with Crippen LogP contribution in [-0.2, 0) is 7.05 Å². The minimum Gasteiger partial charge on any atom is -0.312 e. The van der Waals surface area contributed by atoms with Gasteiger partial charge in [-0.1, -0.05) is 19.3 Å². The molecule has 1 saturated carbocycles. The lowest BCUT2D eigenvalue weighted by atomic mass is 9.84. The van der Waals surface area contributed by atoms with Gasteiger partial charge in [0, 0.05) is 30.4 Å². The fraction of sp³-hybridized carbons (Fsp3) is 0.812. The molecule has 1 aromatic rings. The van der Waals surface area contributed by atoms with Gasteiger partial charge in [-0.3, -0.25) is 4.68 Å². The van der Waals surface area contributed by atoms with Crippen molar-refractivity contribution in [2.24, 2.45) is 13.0 Å². The van der Waals surface area contributed by atoms with Crippen LogP contribution in [0.1, 0.15) is 64.5 Å². The average Bonchev–Trinajstić information content (AvgIpc) is 2.62. The molecule has 1 aliphatic rings. The molecule has 1 fully saturated rings. The number of nitrogens with zero attached hydrogens (tertiary/aromatic N) is 2. The van der Waals surface area contributed by atoms with Gasteiger partial charge in [-0.25, -0.2) is 0 Å². The molecule has 1 aliphatic carbocycles. The lowest BCUT2D eigenvalue weighted by Crippen LogP contribution is -2.40. The van der Waals surface area contributed by atoms with Gasteiger partial charge in [-0.05, 0) is 52.1 Å². The smallest absolute Gasteiger partial charge is 0.0492 e. The molecule has 3 nitrogen and oxygen atoms in total. The summed E-state index contributed by atoms with van der Waals surface area (Å²) in [7, 11) is 2.08. The summed E-state index contributed by atoms with van der Waals surface area (Å²) in [4.78, 5) is 0. The molecule has 0 aromatic carbocycles. The Hall–Kier alpha value is -0.830. The Kier molecular flexibility index (Phi) is 4.67. The van der Waals surface area contributed by atoms with Gasteiger partial charge in [0.05, 0.1) is 0 Å². The number of hydrogen-bond acceptors (Lipinski definition) is 2. The average molecular weight is 263 g/mol. The van der Waals surface area contributed by atoms with Crippen molar-refractivity contribution in [2.45, 2.75) is 64.3 Å². The molecule has 3 heteroatoms. The minimum atomic E-state index is 0.212. The number of hydrogen-bond donors (Lipinski definition) is 1. The molecule has 1 aromatic heterocycles. The van der Waals surface area contributed by atoms with Crippen molar-refractivity contribution in [1.82, 2.24) is 15.1 Å². The first-order chi connectivity index (χ1) is 8.97. The van der Waals surface area contributed by atoms with Crippen LogP contribution < -0.4 is 5.32 Å². The van der Waals surface area contributed by atoms with Gasteiger partial charge in [0.25, 0.3) is 0 Å². The van der Waals surface area contributed by atoms with Crippen molar-refractivity contribution in [2.75, 3.05) is 6.54 Å². The quantitative estimate of drug-likeness (QED) is 0.846. The van der Waals surface area contributed by atoms with Crippen LogP contribution in [0.2, 0.25) is 0 Å². The topological polar surface area (TPSA) is 29.9 Å². The molecule has 108 valence electrons. The second kappa shape index (κ2) is 6.08. The van der Waals surface area contributed by atoms with Crippen LogP contribution in [0.5, 0.6) is 0 Å². The highest BCUT2D eigenvalue weighted by Crippen LogP contribution is 2.36. The first kappa shape index (κ1) is 14.6. The lowest BCUT2D eigenvalue weighted by Gasteiger charge is -2.29. The summed E-state index contributed by atoms with van der Waals surface area (Å²) in [6, 6.07) is 2.21. The van der Waals surface area contributed by atoms with Crippen molar-refractivity contribution >= 4 is 0 Å². The molecule has 0 bridgehead atoms. The fourth-order valence-corrected chi connectivity index (χ4v) is 3.20. The van der Waals surface area contributed by atoms with E-state index < -0.39 is 0 Å². The Morgan fingerprint density at radius 3 is 2.63 bits per heavy atom. The molecule has 0 radical (unpaired) electrons. The molecule has 0 spiro atoms. The van der Waals surface area contributed by atoms with Gasteiger partial charge in [-0.15, -0.1) is 0 Å². The normalized spacial score (nSPS) is 25.3. The predicted molar refractivity (Wildman–Crippen MR) is 80.3 cm³/mol. The highest BCUT2D eigenvalue weighted by molar-refractivity contribution is 5.10. The molecule has 0 saturated heterocycles. The first-order valence-corrected chi connectivity index (χ1v) is 7.70. The second-order valence-electron chi connectivity index (χ2n) is 7.02. The van der Waals surface area contributed by atoms with E-state index in [0.29, 0.717) is 5.92 Å². The molecule has 2 unspecified atom stereocenters. The standard InChI is InChI=1S/C16H29N3/c1-16(2,3)17-12-13-8-6-5-7-9-14(13)15-10-11-18-19(15)4/h10-11,13-14,17H,5-9,12H2,1-4H3. The Morgan fingerprint density at radius 1 is 1.26 bits per heavy atom. The van der Waals surface area contributed by atoms with Crippen LogP contribution in [-0.4, -0.2) is 21.9 Å². The third-order valence-electron chi connectivity index (χ3n) is 4.29. The molecule has 2 atom stereocenters. The van der Waals surface area contributed by atoms with Gasteiger partial charge < -0.3 is 5.32 Å². The van der Waals surface area contributed by atoms with Crippen LogP contribution in [0, 0.1) is 5.92 Å². The van der Waals surface area contributed by atoms with E-state index in [1.165, 1.54) is 37.8 Å². The zero-order valence-corrected chi connectivity index (χ0v) is 12.9. The van der Waals surface area contributed by atoms with E-state index in [-0.39, 0.29) is 5.54 Å². The van der Waals surface area contributed by atoms with Crippen molar-refractivity contribution in [3.8, 4) is 0 Å². The van der Waals surface area contributed by atoms with Gasteiger partial charge in [0.2, 0.25) is 0 Å². The Bertz CT molecular complexity index is 389. The molecular weight excluding hydrogens is 234 g/mol. The molecule has 19 heavy (non-hydrogen) atoms. The number of nitrogens with one attached hydrogen (secondary N) is 1. The van der Waals surface area contributed by atoms with Gasteiger partial charge in [0.15, 0.2) is 0 Å². The summed E-state index contributed by atoms with van der Waals surface area (Å²) >= 11 is 0. The van der Waals surface area contributed by atoms with Crippen LogP contribution in [0.25, 0.3) is 0 Å². The monoisotopic (exact) mass is 263 g/mol. The molecule has 1 heterocycles. The summed E-state index contributed by atoms with van der Waals surface area (Å²) < 4.78 is 2.07. The zero-order chi connectivity index (χ0) is 13.9. The number of rotatable bonds is 3. The van der Waals surface area contributed by atoms with Crippen molar-refractivity contribution in [3.63, 3.8) is 0 Å². The van der Waals surface area contributed by atoms with Gasteiger partial charge >= 0.3 is 0 Å². The maximum absolute atomic E-state index is 4.36. The highest BCUT2D eigenvalue weighted by Gasteiger charge is 2.27. The van der Waals surface area contributed by atoms with E-state index in [0.717, 1.165) is 12.5 Å². The van der Waals surface area contributed by atoms with Gasteiger partial charge in [0.1, 0.15) is 0 Å². The van der Waals surface area contributed by atoms with Crippen LogP contribution in [0.15, 0.2) is 12.3 Å². The molecule has 2 rings (SSSR count). The van der Waals surface area contributed by atoms with Gasteiger partial charge in [-0.2, -0.15) is 5.10 Å². The molecule has 1 N–H and O–H groups in total. The van der Waals surface area contributed by atoms with Crippen LogP contribution >= 0.6 is 0 Å². The van der Waals surface area contributed by atoms with Crippen molar-refractivity contribution in [3.05, 3.63) is 18.0 Å². The third kappa shape index (κ3) is 4.07. The maximum Gasteiger partial charge on any atom is 0.0492 e.